The molecule has 4 fully saturated rings. The molecule has 0 radical (unpaired) electrons. The van der Waals surface area contributed by atoms with Gasteiger partial charge in [0.05, 0.1) is 0 Å². The molecule has 0 amide bonds. The van der Waals surface area contributed by atoms with Gasteiger partial charge in [0.1, 0.15) is 0 Å². The topological polar surface area (TPSA) is 15.3 Å². The van der Waals surface area contributed by atoms with Crippen LogP contribution in [0.15, 0.2) is 54.3 Å². The van der Waals surface area contributed by atoms with Crippen LogP contribution in [0.2, 0.25) is 0 Å². The van der Waals surface area contributed by atoms with Gasteiger partial charge in [0, 0.05) is 24.8 Å². The number of likely N-dealkylation sites (N-methyl/N-ethyl adjacent to an activating group) is 1. The average molecular weight is 349 g/mol. The average Bonchev–Trinajstić information content (AvgIpc) is 2.66. The van der Waals surface area contributed by atoms with Crippen LogP contribution in [0.25, 0.3) is 0 Å². The lowest BCUT2D eigenvalue weighted by Crippen LogP contribution is -2.63. The number of rotatable bonds is 5. The minimum atomic E-state index is 0.399. The summed E-state index contributed by atoms with van der Waals surface area (Å²) in [5, 5.41) is 3.46. The number of nitrogens with zero attached hydrogens (tertiary/aromatic N) is 1. The van der Waals surface area contributed by atoms with Crippen LogP contribution in [-0.4, -0.2) is 30.1 Å². The standard InChI is InChI=1S/C24H32N2/c1-2-25-17-19-8-10-26(11-9-19)24-15-20-12-21(16-24)14-23(13-20,18-24)22-6-4-3-5-7-22/h3-10,20-21,25H,2,11-18H2,1H3. The highest BCUT2D eigenvalue weighted by atomic mass is 15.2. The molecule has 0 spiro atoms. The molecule has 5 aliphatic rings. The summed E-state index contributed by atoms with van der Waals surface area (Å²) in [4.78, 5) is 2.72. The Morgan fingerprint density at radius 2 is 1.85 bits per heavy atom. The molecule has 4 bridgehead atoms. The first-order chi connectivity index (χ1) is 12.7. The minimum Gasteiger partial charge on any atom is -0.368 e. The third-order valence-corrected chi connectivity index (χ3v) is 7.62. The van der Waals surface area contributed by atoms with E-state index in [1.165, 1.54) is 44.1 Å². The van der Waals surface area contributed by atoms with Crippen molar-refractivity contribution in [3.05, 3.63) is 59.8 Å². The lowest BCUT2D eigenvalue weighted by molar-refractivity contribution is -0.0840. The van der Waals surface area contributed by atoms with Crippen molar-refractivity contribution >= 4 is 0 Å². The predicted molar refractivity (Wildman–Crippen MR) is 108 cm³/mol. The van der Waals surface area contributed by atoms with Crippen LogP contribution in [0.5, 0.6) is 0 Å². The van der Waals surface area contributed by atoms with E-state index in [2.05, 4.69) is 65.8 Å². The van der Waals surface area contributed by atoms with Crippen LogP contribution in [-0.2, 0) is 5.41 Å². The molecule has 0 saturated heterocycles. The van der Waals surface area contributed by atoms with Gasteiger partial charge in [0.15, 0.2) is 0 Å². The molecule has 2 unspecified atom stereocenters. The Kier molecular flexibility index (Phi) is 4.01. The van der Waals surface area contributed by atoms with Gasteiger partial charge in [-0.05, 0) is 79.5 Å². The second kappa shape index (κ2) is 6.27. The normalized spacial score (nSPS) is 37.9. The van der Waals surface area contributed by atoms with Gasteiger partial charge in [-0.1, -0.05) is 43.3 Å². The first-order valence-electron chi connectivity index (χ1n) is 10.6. The van der Waals surface area contributed by atoms with Crippen molar-refractivity contribution in [2.45, 2.75) is 56.4 Å². The van der Waals surface area contributed by atoms with E-state index in [1.807, 2.05) is 0 Å². The van der Waals surface area contributed by atoms with Crippen molar-refractivity contribution in [3.63, 3.8) is 0 Å². The van der Waals surface area contributed by atoms with Crippen LogP contribution >= 0.6 is 0 Å². The highest BCUT2D eigenvalue weighted by molar-refractivity contribution is 5.33. The van der Waals surface area contributed by atoms with E-state index in [0.29, 0.717) is 11.0 Å². The van der Waals surface area contributed by atoms with Gasteiger partial charge in [-0.15, -0.1) is 0 Å². The Bertz CT molecular complexity index is 703. The smallest absolute Gasteiger partial charge is 0.0414 e. The van der Waals surface area contributed by atoms with Gasteiger partial charge >= 0.3 is 0 Å². The van der Waals surface area contributed by atoms with Gasteiger partial charge in [-0.3, -0.25) is 0 Å². The fourth-order valence-electron chi connectivity index (χ4n) is 6.96. The largest absolute Gasteiger partial charge is 0.368 e. The molecule has 4 aliphatic carbocycles. The van der Waals surface area contributed by atoms with E-state index in [-0.39, 0.29) is 0 Å². The highest BCUT2D eigenvalue weighted by Crippen LogP contribution is 2.64. The van der Waals surface area contributed by atoms with Crippen molar-refractivity contribution in [1.29, 1.82) is 0 Å². The Labute approximate surface area is 158 Å². The fourth-order valence-corrected chi connectivity index (χ4v) is 6.96. The van der Waals surface area contributed by atoms with Crippen LogP contribution in [0, 0.1) is 11.8 Å². The van der Waals surface area contributed by atoms with Gasteiger partial charge < -0.3 is 10.2 Å². The van der Waals surface area contributed by atoms with Crippen LogP contribution in [0.3, 0.4) is 0 Å². The summed E-state index contributed by atoms with van der Waals surface area (Å²) in [6.07, 6.45) is 15.8. The second-order valence-corrected chi connectivity index (χ2v) is 9.36. The number of nitrogens with one attached hydrogen (secondary N) is 1. The molecule has 4 saturated carbocycles. The van der Waals surface area contributed by atoms with E-state index in [4.69, 9.17) is 0 Å². The molecule has 138 valence electrons. The van der Waals surface area contributed by atoms with Gasteiger partial charge in [0.25, 0.3) is 0 Å². The zero-order valence-electron chi connectivity index (χ0n) is 16.1. The Hall–Kier alpha value is -1.54. The third kappa shape index (κ3) is 2.65. The summed E-state index contributed by atoms with van der Waals surface area (Å²) in [5.41, 5.74) is 3.90. The van der Waals surface area contributed by atoms with Crippen molar-refractivity contribution in [3.8, 4) is 0 Å². The van der Waals surface area contributed by atoms with E-state index < -0.39 is 0 Å². The van der Waals surface area contributed by atoms with Crippen LogP contribution in [0.4, 0.5) is 0 Å². The van der Waals surface area contributed by atoms with Gasteiger partial charge in [-0.2, -0.15) is 0 Å². The zero-order chi connectivity index (χ0) is 17.6. The van der Waals surface area contributed by atoms with E-state index >= 15 is 0 Å². The molecule has 2 nitrogen and oxygen atoms in total. The van der Waals surface area contributed by atoms with Crippen molar-refractivity contribution in [2.24, 2.45) is 11.8 Å². The summed E-state index contributed by atoms with van der Waals surface area (Å²) in [5.74, 6) is 1.86. The predicted octanol–water partition coefficient (Wildman–Crippen LogP) is 4.64. The number of hydrogen-bond donors (Lipinski definition) is 1. The van der Waals surface area contributed by atoms with Crippen molar-refractivity contribution in [2.75, 3.05) is 19.6 Å². The fraction of sp³-hybridized carbons (Fsp3) is 0.583. The molecule has 2 heteroatoms. The van der Waals surface area contributed by atoms with Crippen molar-refractivity contribution in [1.82, 2.24) is 10.2 Å². The van der Waals surface area contributed by atoms with Gasteiger partial charge in [0.2, 0.25) is 0 Å². The molecule has 1 heterocycles. The SMILES string of the molecule is CCNCC1=CCN(C23CC4CC(CC(c5ccccc5)(C4)C2)C3)C=C1. The lowest BCUT2D eigenvalue weighted by Gasteiger charge is -2.65. The maximum absolute atomic E-state index is 3.46. The molecular weight excluding hydrogens is 316 g/mol. The molecule has 2 atom stereocenters. The quantitative estimate of drug-likeness (QED) is 0.834. The first kappa shape index (κ1) is 16.6. The van der Waals surface area contributed by atoms with E-state index in [9.17, 15) is 0 Å². The molecule has 26 heavy (non-hydrogen) atoms. The summed E-state index contributed by atoms with van der Waals surface area (Å²) >= 11 is 0. The molecule has 0 aromatic heterocycles. The maximum atomic E-state index is 3.46. The highest BCUT2D eigenvalue weighted by Gasteiger charge is 2.59. The van der Waals surface area contributed by atoms with Crippen molar-refractivity contribution < 1.29 is 0 Å². The third-order valence-electron chi connectivity index (χ3n) is 7.62. The number of hydrogen-bond acceptors (Lipinski definition) is 2. The van der Waals surface area contributed by atoms with Gasteiger partial charge in [-0.25, -0.2) is 0 Å². The zero-order valence-corrected chi connectivity index (χ0v) is 16.1. The minimum absolute atomic E-state index is 0.399. The Morgan fingerprint density at radius 3 is 2.50 bits per heavy atom. The summed E-state index contributed by atoms with van der Waals surface area (Å²) in [6.45, 7) is 5.33. The lowest BCUT2D eigenvalue weighted by atomic mass is 9.45. The molecule has 1 N–H and O–H groups in total. The molecular formula is C24H32N2. The van der Waals surface area contributed by atoms with Crippen LogP contribution in [0.1, 0.15) is 51.0 Å². The molecule has 6 rings (SSSR count). The molecule has 1 aliphatic heterocycles. The Morgan fingerprint density at radius 1 is 1.08 bits per heavy atom. The second-order valence-electron chi connectivity index (χ2n) is 9.36. The Balaban J connectivity index is 1.42. The maximum Gasteiger partial charge on any atom is 0.0414 e. The van der Waals surface area contributed by atoms with E-state index in [1.54, 1.807) is 5.56 Å². The first-order valence-corrected chi connectivity index (χ1v) is 10.6. The molecule has 1 aromatic rings. The summed E-state index contributed by atoms with van der Waals surface area (Å²) in [6, 6.07) is 11.5. The number of benzene rings is 1. The summed E-state index contributed by atoms with van der Waals surface area (Å²) in [7, 11) is 0. The summed E-state index contributed by atoms with van der Waals surface area (Å²) < 4.78 is 0. The van der Waals surface area contributed by atoms with E-state index in [0.717, 1.165) is 31.5 Å². The monoisotopic (exact) mass is 348 g/mol. The molecule has 1 aromatic carbocycles. The van der Waals surface area contributed by atoms with Crippen LogP contribution < -0.4 is 5.32 Å².